The number of amides is 1. The summed E-state index contributed by atoms with van der Waals surface area (Å²) in [5.74, 6) is 0.209. The monoisotopic (exact) mass is 347 g/mol. The Morgan fingerprint density at radius 2 is 1.88 bits per heavy atom. The van der Waals surface area contributed by atoms with E-state index in [4.69, 9.17) is 0 Å². The van der Waals surface area contributed by atoms with E-state index in [2.05, 4.69) is 20.6 Å². The highest BCUT2D eigenvalue weighted by Gasteiger charge is 2.34. The van der Waals surface area contributed by atoms with E-state index >= 15 is 0 Å². The predicted octanol–water partition coefficient (Wildman–Crippen LogP) is 3.27. The standard InChI is InChI=1S/C16H12F3N5O/c17-16(18,19)10-3-1-2-4-11(10)20-15(25)12-7-8-13-21-22-14(9-5-6-9)24(13)23-12/h1-4,7-9H,5-6H2,(H,20,25). The van der Waals surface area contributed by atoms with E-state index in [1.54, 1.807) is 6.07 Å². The average molecular weight is 347 g/mol. The van der Waals surface area contributed by atoms with E-state index in [0.717, 1.165) is 18.9 Å². The number of hydrogen-bond acceptors (Lipinski definition) is 4. The Bertz CT molecular complexity index is 962. The Balaban J connectivity index is 1.66. The lowest BCUT2D eigenvalue weighted by Crippen LogP contribution is -2.18. The van der Waals surface area contributed by atoms with Crippen molar-refractivity contribution < 1.29 is 18.0 Å². The van der Waals surface area contributed by atoms with Crippen LogP contribution < -0.4 is 5.32 Å². The fourth-order valence-corrected chi connectivity index (χ4v) is 2.55. The Morgan fingerprint density at radius 1 is 1.12 bits per heavy atom. The van der Waals surface area contributed by atoms with Gasteiger partial charge in [-0.05, 0) is 37.1 Å². The molecule has 9 heteroatoms. The fraction of sp³-hybridized carbons (Fsp3) is 0.250. The van der Waals surface area contributed by atoms with Gasteiger partial charge in [0, 0.05) is 5.92 Å². The van der Waals surface area contributed by atoms with Crippen LogP contribution in [0.15, 0.2) is 36.4 Å². The first-order chi connectivity index (χ1) is 11.9. The summed E-state index contributed by atoms with van der Waals surface area (Å²) in [6, 6.07) is 7.78. The molecule has 0 aliphatic heterocycles. The van der Waals surface area contributed by atoms with Gasteiger partial charge in [0.1, 0.15) is 5.69 Å². The number of benzene rings is 1. The number of para-hydroxylation sites is 1. The third-order valence-electron chi connectivity index (χ3n) is 3.94. The van der Waals surface area contributed by atoms with E-state index in [-0.39, 0.29) is 17.3 Å². The maximum absolute atomic E-state index is 13.0. The quantitative estimate of drug-likeness (QED) is 0.789. The summed E-state index contributed by atoms with van der Waals surface area (Å²) in [6.07, 6.45) is -2.59. The van der Waals surface area contributed by atoms with Gasteiger partial charge >= 0.3 is 6.18 Å². The van der Waals surface area contributed by atoms with E-state index < -0.39 is 17.6 Å². The van der Waals surface area contributed by atoms with Crippen molar-refractivity contribution in [2.45, 2.75) is 24.9 Å². The number of nitrogens with zero attached hydrogens (tertiary/aromatic N) is 4. The zero-order valence-corrected chi connectivity index (χ0v) is 12.8. The molecule has 1 aliphatic carbocycles. The summed E-state index contributed by atoms with van der Waals surface area (Å²) in [6.45, 7) is 0. The molecule has 25 heavy (non-hydrogen) atoms. The molecule has 0 unspecified atom stereocenters. The molecule has 1 aromatic carbocycles. The number of fused-ring (bicyclic) bond motifs is 1. The molecule has 0 atom stereocenters. The number of hydrogen-bond donors (Lipinski definition) is 1. The molecule has 4 rings (SSSR count). The second kappa shape index (κ2) is 5.54. The SMILES string of the molecule is O=C(Nc1ccccc1C(F)(F)F)c1ccc2nnc(C3CC3)n2n1. The lowest BCUT2D eigenvalue weighted by molar-refractivity contribution is -0.136. The van der Waals surface area contributed by atoms with Crippen molar-refractivity contribution in [3.8, 4) is 0 Å². The van der Waals surface area contributed by atoms with Crippen molar-refractivity contribution in [3.05, 3.63) is 53.5 Å². The summed E-state index contributed by atoms with van der Waals surface area (Å²) in [7, 11) is 0. The summed E-state index contributed by atoms with van der Waals surface area (Å²) in [4.78, 5) is 12.4. The molecule has 1 N–H and O–H groups in total. The highest BCUT2D eigenvalue weighted by molar-refractivity contribution is 6.03. The topological polar surface area (TPSA) is 72.2 Å². The van der Waals surface area contributed by atoms with Gasteiger partial charge in [0.15, 0.2) is 11.5 Å². The number of nitrogens with one attached hydrogen (secondary N) is 1. The highest BCUT2D eigenvalue weighted by Crippen LogP contribution is 2.38. The third kappa shape index (κ3) is 2.92. The van der Waals surface area contributed by atoms with Gasteiger partial charge in [-0.25, -0.2) is 0 Å². The van der Waals surface area contributed by atoms with Crippen LogP contribution in [0.3, 0.4) is 0 Å². The second-order valence-corrected chi connectivity index (χ2v) is 5.82. The molecule has 6 nitrogen and oxygen atoms in total. The minimum atomic E-state index is -4.56. The Labute approximate surface area is 139 Å². The Hall–Kier alpha value is -2.97. The number of halogens is 3. The third-order valence-corrected chi connectivity index (χ3v) is 3.94. The Kier molecular flexibility index (Phi) is 3.45. The van der Waals surface area contributed by atoms with Crippen LogP contribution in [0.1, 0.15) is 40.6 Å². The van der Waals surface area contributed by atoms with Crippen LogP contribution in [0.2, 0.25) is 0 Å². The number of alkyl halides is 3. The first kappa shape index (κ1) is 15.6. The van der Waals surface area contributed by atoms with Crippen LogP contribution >= 0.6 is 0 Å². The number of aromatic nitrogens is 4. The van der Waals surface area contributed by atoms with Crippen LogP contribution in [0.5, 0.6) is 0 Å². The van der Waals surface area contributed by atoms with Crippen LogP contribution in [0, 0.1) is 0 Å². The van der Waals surface area contributed by atoms with Gasteiger partial charge < -0.3 is 5.32 Å². The van der Waals surface area contributed by atoms with Gasteiger partial charge in [0.2, 0.25) is 0 Å². The van der Waals surface area contributed by atoms with Crippen molar-refractivity contribution in [2.24, 2.45) is 0 Å². The minimum Gasteiger partial charge on any atom is -0.320 e. The van der Waals surface area contributed by atoms with Crippen molar-refractivity contribution in [1.82, 2.24) is 19.8 Å². The maximum Gasteiger partial charge on any atom is 0.418 e. The molecule has 1 fully saturated rings. The molecule has 1 saturated carbocycles. The van der Waals surface area contributed by atoms with Crippen molar-refractivity contribution in [1.29, 1.82) is 0 Å². The normalized spacial score (nSPS) is 14.7. The van der Waals surface area contributed by atoms with Gasteiger partial charge in [-0.2, -0.15) is 22.8 Å². The largest absolute Gasteiger partial charge is 0.418 e. The minimum absolute atomic E-state index is 0.00817. The van der Waals surface area contributed by atoms with Crippen LogP contribution in [0.4, 0.5) is 18.9 Å². The molecule has 0 radical (unpaired) electrons. The molecule has 0 bridgehead atoms. The van der Waals surface area contributed by atoms with Crippen LogP contribution in [0.25, 0.3) is 5.65 Å². The molecule has 2 aromatic heterocycles. The lowest BCUT2D eigenvalue weighted by Gasteiger charge is -2.13. The van der Waals surface area contributed by atoms with Gasteiger partial charge in [0.25, 0.3) is 5.91 Å². The summed E-state index contributed by atoms with van der Waals surface area (Å²) < 4.78 is 40.6. The number of carbonyl (C=O) groups is 1. The molecule has 0 saturated heterocycles. The van der Waals surface area contributed by atoms with Gasteiger partial charge in [-0.3, -0.25) is 4.79 Å². The zero-order chi connectivity index (χ0) is 17.6. The molecule has 1 aliphatic rings. The van der Waals surface area contributed by atoms with Crippen LogP contribution in [-0.2, 0) is 6.18 Å². The predicted molar refractivity (Wildman–Crippen MR) is 82.2 cm³/mol. The average Bonchev–Trinajstić information content (AvgIpc) is 3.33. The maximum atomic E-state index is 13.0. The number of rotatable bonds is 3. The molecular weight excluding hydrogens is 335 g/mol. The van der Waals surface area contributed by atoms with Crippen molar-refractivity contribution in [3.63, 3.8) is 0 Å². The summed E-state index contributed by atoms with van der Waals surface area (Å²) in [5.41, 5.74) is -0.735. The van der Waals surface area contributed by atoms with Gasteiger partial charge in [-0.15, -0.1) is 10.2 Å². The first-order valence-electron chi connectivity index (χ1n) is 7.63. The van der Waals surface area contributed by atoms with E-state index in [0.29, 0.717) is 11.5 Å². The fourth-order valence-electron chi connectivity index (χ4n) is 2.55. The number of anilines is 1. The summed E-state index contributed by atoms with van der Waals surface area (Å²) in [5, 5.41) is 14.5. The van der Waals surface area contributed by atoms with Gasteiger partial charge in [0.05, 0.1) is 11.3 Å². The molecule has 128 valence electrons. The smallest absolute Gasteiger partial charge is 0.320 e. The van der Waals surface area contributed by atoms with E-state index in [1.165, 1.54) is 28.8 Å². The van der Waals surface area contributed by atoms with E-state index in [9.17, 15) is 18.0 Å². The Morgan fingerprint density at radius 3 is 2.60 bits per heavy atom. The van der Waals surface area contributed by atoms with Crippen LogP contribution in [-0.4, -0.2) is 25.7 Å². The van der Waals surface area contributed by atoms with Crippen molar-refractivity contribution in [2.75, 3.05) is 5.32 Å². The molecular formula is C16H12F3N5O. The zero-order valence-electron chi connectivity index (χ0n) is 12.8. The first-order valence-corrected chi connectivity index (χ1v) is 7.63. The van der Waals surface area contributed by atoms with E-state index in [1.807, 2.05) is 0 Å². The molecule has 2 heterocycles. The lowest BCUT2D eigenvalue weighted by atomic mass is 10.1. The molecule has 0 spiro atoms. The molecule has 3 aromatic rings. The van der Waals surface area contributed by atoms with Gasteiger partial charge in [-0.1, -0.05) is 12.1 Å². The molecule has 1 amide bonds. The number of carbonyl (C=O) groups excluding carboxylic acids is 1. The van der Waals surface area contributed by atoms with Crippen molar-refractivity contribution >= 4 is 17.2 Å². The highest BCUT2D eigenvalue weighted by atomic mass is 19.4. The summed E-state index contributed by atoms with van der Waals surface area (Å²) >= 11 is 0. The second-order valence-electron chi connectivity index (χ2n) is 5.82.